The van der Waals surface area contributed by atoms with Gasteiger partial charge in [0.15, 0.2) is 0 Å². The van der Waals surface area contributed by atoms with Crippen molar-refractivity contribution in [1.82, 2.24) is 10.3 Å². The number of pyridine rings is 1. The van der Waals surface area contributed by atoms with Crippen LogP contribution < -0.4 is 5.32 Å². The van der Waals surface area contributed by atoms with E-state index >= 15 is 0 Å². The maximum atomic E-state index is 9.56. The first-order valence-corrected chi connectivity index (χ1v) is 8.43. The summed E-state index contributed by atoms with van der Waals surface area (Å²) in [6.45, 7) is 5.80. The molecule has 2 rings (SSSR count). The van der Waals surface area contributed by atoms with Crippen LogP contribution in [0.5, 0.6) is 0 Å². The zero-order valence-electron chi connectivity index (χ0n) is 13.5. The van der Waals surface area contributed by atoms with Gasteiger partial charge in [-0.05, 0) is 62.0 Å². The van der Waals surface area contributed by atoms with E-state index in [2.05, 4.69) is 24.1 Å². The SMILES string of the molecule is CC(C)C1CCC(NCC(CO)Cc2ccccn2)CC1. The smallest absolute Gasteiger partial charge is 0.0475 e. The van der Waals surface area contributed by atoms with Gasteiger partial charge in [0.25, 0.3) is 0 Å². The van der Waals surface area contributed by atoms with Crippen LogP contribution in [0, 0.1) is 17.8 Å². The van der Waals surface area contributed by atoms with Crippen LogP contribution in [0.1, 0.15) is 45.2 Å². The Hall–Kier alpha value is -0.930. The van der Waals surface area contributed by atoms with E-state index in [1.807, 2.05) is 24.4 Å². The van der Waals surface area contributed by atoms with Gasteiger partial charge in [0.1, 0.15) is 0 Å². The summed E-state index contributed by atoms with van der Waals surface area (Å²) in [5, 5.41) is 13.2. The maximum Gasteiger partial charge on any atom is 0.0475 e. The molecule has 3 nitrogen and oxygen atoms in total. The Labute approximate surface area is 129 Å². The standard InChI is InChI=1S/C18H30N2O/c1-14(2)16-6-8-17(9-7-16)20-12-15(13-21)11-18-5-3-4-10-19-18/h3-5,10,14-17,20-21H,6-9,11-13H2,1-2H3. The number of rotatable bonds is 7. The molecule has 1 unspecified atom stereocenters. The minimum atomic E-state index is 0.227. The van der Waals surface area contributed by atoms with Crippen LogP contribution in [0.4, 0.5) is 0 Å². The number of hydrogen-bond acceptors (Lipinski definition) is 3. The fourth-order valence-electron chi connectivity index (χ4n) is 3.34. The monoisotopic (exact) mass is 290 g/mol. The third-order valence-electron chi connectivity index (χ3n) is 4.89. The molecule has 1 aromatic heterocycles. The first-order valence-electron chi connectivity index (χ1n) is 8.43. The van der Waals surface area contributed by atoms with Crippen LogP contribution in [-0.4, -0.2) is 29.3 Å². The molecule has 1 aliphatic carbocycles. The van der Waals surface area contributed by atoms with Crippen molar-refractivity contribution in [1.29, 1.82) is 0 Å². The summed E-state index contributed by atoms with van der Waals surface area (Å²) in [7, 11) is 0. The molecule has 1 heterocycles. The number of nitrogens with one attached hydrogen (secondary N) is 1. The number of aliphatic hydroxyl groups is 1. The second-order valence-electron chi connectivity index (χ2n) is 6.84. The summed E-state index contributed by atoms with van der Waals surface area (Å²) in [5.74, 6) is 1.99. The van der Waals surface area contributed by atoms with E-state index in [1.54, 1.807) is 0 Å². The molecule has 2 N–H and O–H groups in total. The minimum Gasteiger partial charge on any atom is -0.396 e. The van der Waals surface area contributed by atoms with Gasteiger partial charge in [0.05, 0.1) is 0 Å². The van der Waals surface area contributed by atoms with Crippen molar-refractivity contribution in [2.45, 2.75) is 52.0 Å². The Bertz CT molecular complexity index is 385. The van der Waals surface area contributed by atoms with Crippen molar-refractivity contribution < 1.29 is 5.11 Å². The summed E-state index contributed by atoms with van der Waals surface area (Å²) >= 11 is 0. The van der Waals surface area contributed by atoms with Crippen LogP contribution in [-0.2, 0) is 6.42 Å². The number of hydrogen-bond donors (Lipinski definition) is 2. The van der Waals surface area contributed by atoms with Gasteiger partial charge in [-0.25, -0.2) is 0 Å². The molecule has 1 aliphatic rings. The van der Waals surface area contributed by atoms with Crippen LogP contribution in [0.3, 0.4) is 0 Å². The van der Waals surface area contributed by atoms with Crippen LogP contribution in [0.15, 0.2) is 24.4 Å². The minimum absolute atomic E-state index is 0.227. The Morgan fingerprint density at radius 2 is 2.00 bits per heavy atom. The highest BCUT2D eigenvalue weighted by Gasteiger charge is 2.23. The average molecular weight is 290 g/mol. The number of aliphatic hydroxyl groups excluding tert-OH is 1. The van der Waals surface area contributed by atoms with Gasteiger partial charge in [0.2, 0.25) is 0 Å². The fraction of sp³-hybridized carbons (Fsp3) is 0.722. The molecule has 21 heavy (non-hydrogen) atoms. The van der Waals surface area contributed by atoms with E-state index in [4.69, 9.17) is 0 Å². The highest BCUT2D eigenvalue weighted by atomic mass is 16.3. The number of nitrogens with zero attached hydrogens (tertiary/aromatic N) is 1. The quantitative estimate of drug-likeness (QED) is 0.811. The molecule has 0 aromatic carbocycles. The van der Waals surface area contributed by atoms with Crippen molar-refractivity contribution in [2.24, 2.45) is 17.8 Å². The van der Waals surface area contributed by atoms with Crippen LogP contribution >= 0.6 is 0 Å². The van der Waals surface area contributed by atoms with Gasteiger partial charge in [-0.15, -0.1) is 0 Å². The maximum absolute atomic E-state index is 9.56. The Morgan fingerprint density at radius 3 is 2.57 bits per heavy atom. The van der Waals surface area contributed by atoms with Crippen molar-refractivity contribution >= 4 is 0 Å². The van der Waals surface area contributed by atoms with E-state index in [1.165, 1.54) is 25.7 Å². The molecule has 1 aromatic rings. The molecular formula is C18H30N2O. The highest BCUT2D eigenvalue weighted by molar-refractivity contribution is 5.04. The molecular weight excluding hydrogens is 260 g/mol. The lowest BCUT2D eigenvalue weighted by atomic mass is 9.79. The molecule has 3 heteroatoms. The second-order valence-corrected chi connectivity index (χ2v) is 6.84. The lowest BCUT2D eigenvalue weighted by Gasteiger charge is -2.32. The van der Waals surface area contributed by atoms with Gasteiger partial charge in [-0.2, -0.15) is 0 Å². The van der Waals surface area contributed by atoms with Crippen molar-refractivity contribution in [3.05, 3.63) is 30.1 Å². The number of aromatic nitrogens is 1. The lowest BCUT2D eigenvalue weighted by Crippen LogP contribution is -2.38. The largest absolute Gasteiger partial charge is 0.396 e. The van der Waals surface area contributed by atoms with E-state index < -0.39 is 0 Å². The van der Waals surface area contributed by atoms with Gasteiger partial charge < -0.3 is 10.4 Å². The summed E-state index contributed by atoms with van der Waals surface area (Å²) in [4.78, 5) is 4.35. The Morgan fingerprint density at radius 1 is 1.24 bits per heavy atom. The predicted octanol–water partition coefficient (Wildman–Crippen LogP) is 3.04. The van der Waals surface area contributed by atoms with E-state index in [-0.39, 0.29) is 12.5 Å². The normalized spacial score (nSPS) is 24.2. The fourth-order valence-corrected chi connectivity index (χ4v) is 3.34. The van der Waals surface area contributed by atoms with Gasteiger partial charge >= 0.3 is 0 Å². The molecule has 0 saturated heterocycles. The van der Waals surface area contributed by atoms with Crippen LogP contribution in [0.2, 0.25) is 0 Å². The first kappa shape index (κ1) is 16.4. The van der Waals surface area contributed by atoms with E-state index in [0.717, 1.165) is 30.5 Å². The van der Waals surface area contributed by atoms with E-state index in [9.17, 15) is 5.11 Å². The van der Waals surface area contributed by atoms with Gasteiger partial charge in [-0.1, -0.05) is 19.9 Å². The molecule has 118 valence electrons. The van der Waals surface area contributed by atoms with Crippen LogP contribution in [0.25, 0.3) is 0 Å². The zero-order chi connectivity index (χ0) is 15.1. The van der Waals surface area contributed by atoms with Gasteiger partial charge in [-0.3, -0.25) is 4.98 Å². The van der Waals surface area contributed by atoms with E-state index in [0.29, 0.717) is 6.04 Å². The first-order chi connectivity index (χ1) is 10.2. The topological polar surface area (TPSA) is 45.1 Å². The molecule has 0 bridgehead atoms. The average Bonchev–Trinajstić information content (AvgIpc) is 2.52. The molecule has 0 spiro atoms. The Balaban J connectivity index is 1.71. The summed E-state index contributed by atoms with van der Waals surface area (Å²) in [6, 6.07) is 6.62. The van der Waals surface area contributed by atoms with Crippen molar-refractivity contribution in [2.75, 3.05) is 13.2 Å². The summed E-state index contributed by atoms with van der Waals surface area (Å²) in [5.41, 5.74) is 1.07. The third kappa shape index (κ3) is 5.40. The lowest BCUT2D eigenvalue weighted by molar-refractivity contribution is 0.199. The predicted molar refractivity (Wildman–Crippen MR) is 87.1 cm³/mol. The molecule has 0 amide bonds. The molecule has 1 fully saturated rings. The zero-order valence-corrected chi connectivity index (χ0v) is 13.5. The van der Waals surface area contributed by atoms with Crippen molar-refractivity contribution in [3.63, 3.8) is 0 Å². The molecule has 1 saturated carbocycles. The molecule has 1 atom stereocenters. The Kier molecular flexibility index (Phi) is 6.65. The highest BCUT2D eigenvalue weighted by Crippen LogP contribution is 2.29. The molecule has 0 aliphatic heterocycles. The summed E-state index contributed by atoms with van der Waals surface area (Å²) in [6.07, 6.45) is 7.93. The van der Waals surface area contributed by atoms with Gasteiger partial charge in [0, 0.05) is 31.1 Å². The molecule has 0 radical (unpaired) electrons. The second kappa shape index (κ2) is 8.50. The summed E-state index contributed by atoms with van der Waals surface area (Å²) < 4.78 is 0. The van der Waals surface area contributed by atoms with Crippen molar-refractivity contribution in [3.8, 4) is 0 Å². The third-order valence-corrected chi connectivity index (χ3v) is 4.89.